The summed E-state index contributed by atoms with van der Waals surface area (Å²) in [5.74, 6) is -2.77. The van der Waals surface area contributed by atoms with Gasteiger partial charge in [0.1, 0.15) is 6.04 Å². The van der Waals surface area contributed by atoms with Gasteiger partial charge in [0.2, 0.25) is 11.8 Å². The second-order valence-electron chi connectivity index (χ2n) is 5.51. The Morgan fingerprint density at radius 2 is 1.76 bits per heavy atom. The minimum Gasteiger partial charge on any atom is -0.480 e. The van der Waals surface area contributed by atoms with Gasteiger partial charge >= 0.3 is 11.9 Å². The molecule has 120 valence electrons. The molecule has 0 bridgehead atoms. The first-order valence-electron chi connectivity index (χ1n) is 6.45. The molecule has 0 spiro atoms. The summed E-state index contributed by atoms with van der Waals surface area (Å²) in [7, 11) is 1.19. The van der Waals surface area contributed by atoms with Crippen LogP contribution in [0.25, 0.3) is 0 Å². The van der Waals surface area contributed by atoms with E-state index in [1.165, 1.54) is 7.11 Å². The number of methoxy groups -OCH3 is 1. The lowest BCUT2D eigenvalue weighted by Gasteiger charge is -2.18. The minimum absolute atomic E-state index is 0.0824. The van der Waals surface area contributed by atoms with Crippen molar-refractivity contribution in [3.05, 3.63) is 0 Å². The molecule has 0 saturated carbocycles. The number of carbonyl (C=O) groups is 4. The molecule has 0 aromatic rings. The van der Waals surface area contributed by atoms with Crippen LogP contribution >= 0.6 is 0 Å². The molecule has 1 atom stereocenters. The summed E-state index contributed by atoms with van der Waals surface area (Å²) < 4.78 is 4.40. The Labute approximate surface area is 123 Å². The molecule has 0 saturated heterocycles. The standard InChI is InChI=1S/C13H22N2O6/c1-13(2,3)12(20)14-7-9(16)15-8(11(18)19)5-6-10(17)21-4/h8H,5-7H2,1-4H3,(H,14,20)(H,15,16)(H,18,19)/t8-/m0/s1. The highest BCUT2D eigenvalue weighted by molar-refractivity contribution is 5.89. The normalized spacial score (nSPS) is 12.2. The monoisotopic (exact) mass is 302 g/mol. The molecular weight excluding hydrogens is 280 g/mol. The zero-order valence-electron chi connectivity index (χ0n) is 12.7. The molecule has 8 nitrogen and oxygen atoms in total. The molecule has 0 heterocycles. The van der Waals surface area contributed by atoms with Crippen molar-refractivity contribution < 1.29 is 29.0 Å². The summed E-state index contributed by atoms with van der Waals surface area (Å²) in [4.78, 5) is 45.1. The number of aliphatic carboxylic acids is 1. The van der Waals surface area contributed by atoms with Crippen LogP contribution in [0.2, 0.25) is 0 Å². The van der Waals surface area contributed by atoms with Gasteiger partial charge < -0.3 is 20.5 Å². The van der Waals surface area contributed by atoms with Gasteiger partial charge in [-0.1, -0.05) is 20.8 Å². The van der Waals surface area contributed by atoms with Crippen molar-refractivity contribution in [1.82, 2.24) is 10.6 Å². The van der Waals surface area contributed by atoms with E-state index in [1.807, 2.05) is 0 Å². The van der Waals surface area contributed by atoms with Crippen LogP contribution in [0.15, 0.2) is 0 Å². The Hall–Kier alpha value is -2.12. The van der Waals surface area contributed by atoms with E-state index in [-0.39, 0.29) is 25.3 Å². The van der Waals surface area contributed by atoms with Crippen LogP contribution in [0.1, 0.15) is 33.6 Å². The summed E-state index contributed by atoms with van der Waals surface area (Å²) in [6.45, 7) is 4.75. The highest BCUT2D eigenvalue weighted by Crippen LogP contribution is 2.11. The fourth-order valence-electron chi connectivity index (χ4n) is 1.29. The molecule has 0 rings (SSSR count). The highest BCUT2D eigenvalue weighted by atomic mass is 16.5. The highest BCUT2D eigenvalue weighted by Gasteiger charge is 2.24. The molecule has 0 aromatic heterocycles. The quantitative estimate of drug-likeness (QED) is 0.554. The van der Waals surface area contributed by atoms with Crippen LogP contribution in [0.5, 0.6) is 0 Å². The predicted octanol–water partition coefficient (Wildman–Crippen LogP) is -0.329. The van der Waals surface area contributed by atoms with Gasteiger partial charge in [-0.2, -0.15) is 0 Å². The van der Waals surface area contributed by atoms with Crippen molar-refractivity contribution in [3.63, 3.8) is 0 Å². The molecule has 2 amide bonds. The SMILES string of the molecule is COC(=O)CC[C@H](NC(=O)CNC(=O)C(C)(C)C)C(=O)O. The van der Waals surface area contributed by atoms with Crippen LogP contribution in [-0.4, -0.2) is 48.6 Å². The first-order chi connectivity index (χ1) is 9.57. The van der Waals surface area contributed by atoms with E-state index in [2.05, 4.69) is 15.4 Å². The number of rotatable bonds is 7. The zero-order chi connectivity index (χ0) is 16.6. The molecule has 0 aliphatic rings. The Balaban J connectivity index is 4.33. The van der Waals surface area contributed by atoms with Gasteiger partial charge in [0.25, 0.3) is 0 Å². The maximum Gasteiger partial charge on any atom is 0.326 e. The maximum atomic E-state index is 11.6. The predicted molar refractivity (Wildman–Crippen MR) is 73.3 cm³/mol. The number of ether oxygens (including phenoxy) is 1. The Morgan fingerprint density at radius 3 is 2.19 bits per heavy atom. The summed E-state index contributed by atoms with van der Waals surface area (Å²) in [5.41, 5.74) is -0.642. The number of esters is 1. The molecule has 0 fully saturated rings. The number of carboxylic acids is 1. The van der Waals surface area contributed by atoms with E-state index in [0.717, 1.165) is 0 Å². The fraction of sp³-hybridized carbons (Fsp3) is 0.692. The van der Waals surface area contributed by atoms with Crippen LogP contribution in [-0.2, 0) is 23.9 Å². The Kier molecular flexibility index (Phi) is 7.40. The largest absolute Gasteiger partial charge is 0.480 e. The number of carbonyl (C=O) groups excluding carboxylic acids is 3. The van der Waals surface area contributed by atoms with E-state index in [9.17, 15) is 19.2 Å². The van der Waals surface area contributed by atoms with Gasteiger partial charge in [0.05, 0.1) is 13.7 Å². The van der Waals surface area contributed by atoms with Crippen molar-refractivity contribution in [2.75, 3.05) is 13.7 Å². The average Bonchev–Trinajstić information content (AvgIpc) is 2.38. The molecule has 0 aliphatic carbocycles. The third kappa shape index (κ3) is 7.91. The lowest BCUT2D eigenvalue weighted by Crippen LogP contribution is -2.47. The summed E-state index contributed by atoms with van der Waals surface area (Å²) in [6, 6.07) is -1.21. The smallest absolute Gasteiger partial charge is 0.326 e. The topological polar surface area (TPSA) is 122 Å². The van der Waals surface area contributed by atoms with Gasteiger partial charge in [0.15, 0.2) is 0 Å². The van der Waals surface area contributed by atoms with Gasteiger partial charge in [-0.25, -0.2) is 4.79 Å². The molecule has 0 aliphatic heterocycles. The molecule has 0 aromatic carbocycles. The first-order valence-corrected chi connectivity index (χ1v) is 6.45. The minimum atomic E-state index is -1.26. The fourth-order valence-corrected chi connectivity index (χ4v) is 1.29. The van der Waals surface area contributed by atoms with E-state index < -0.39 is 29.3 Å². The first kappa shape index (κ1) is 18.9. The van der Waals surface area contributed by atoms with Crippen molar-refractivity contribution in [2.45, 2.75) is 39.7 Å². The Morgan fingerprint density at radius 1 is 1.19 bits per heavy atom. The third-order valence-electron chi connectivity index (χ3n) is 2.59. The number of nitrogens with one attached hydrogen (secondary N) is 2. The number of amides is 2. The summed E-state index contributed by atoms with van der Waals surface area (Å²) >= 11 is 0. The lowest BCUT2D eigenvalue weighted by molar-refractivity contribution is -0.144. The van der Waals surface area contributed by atoms with Gasteiger partial charge in [-0.15, -0.1) is 0 Å². The van der Waals surface area contributed by atoms with Gasteiger partial charge in [0, 0.05) is 11.8 Å². The van der Waals surface area contributed by atoms with E-state index in [1.54, 1.807) is 20.8 Å². The van der Waals surface area contributed by atoms with Crippen LogP contribution < -0.4 is 10.6 Å². The van der Waals surface area contributed by atoms with Crippen LogP contribution in [0, 0.1) is 5.41 Å². The molecule has 8 heteroatoms. The maximum absolute atomic E-state index is 11.6. The van der Waals surface area contributed by atoms with Gasteiger partial charge in [-0.3, -0.25) is 14.4 Å². The van der Waals surface area contributed by atoms with E-state index in [4.69, 9.17) is 5.11 Å². The number of hydrogen-bond donors (Lipinski definition) is 3. The van der Waals surface area contributed by atoms with Gasteiger partial charge in [-0.05, 0) is 6.42 Å². The van der Waals surface area contributed by atoms with Crippen molar-refractivity contribution in [1.29, 1.82) is 0 Å². The van der Waals surface area contributed by atoms with Crippen molar-refractivity contribution in [3.8, 4) is 0 Å². The Bertz CT molecular complexity index is 413. The van der Waals surface area contributed by atoms with E-state index in [0.29, 0.717) is 0 Å². The zero-order valence-corrected chi connectivity index (χ0v) is 12.7. The molecular formula is C13H22N2O6. The average molecular weight is 302 g/mol. The van der Waals surface area contributed by atoms with Crippen LogP contribution in [0.4, 0.5) is 0 Å². The van der Waals surface area contributed by atoms with Crippen molar-refractivity contribution >= 4 is 23.8 Å². The second-order valence-corrected chi connectivity index (χ2v) is 5.51. The van der Waals surface area contributed by atoms with Crippen molar-refractivity contribution in [2.24, 2.45) is 5.41 Å². The molecule has 3 N–H and O–H groups in total. The second kappa shape index (κ2) is 8.23. The summed E-state index contributed by atoms with van der Waals surface area (Å²) in [5, 5.41) is 13.6. The number of hydrogen-bond acceptors (Lipinski definition) is 5. The molecule has 21 heavy (non-hydrogen) atoms. The lowest BCUT2D eigenvalue weighted by atomic mass is 9.96. The van der Waals surface area contributed by atoms with E-state index >= 15 is 0 Å². The number of carboxylic acid groups (broad SMARTS) is 1. The summed E-state index contributed by atoms with van der Waals surface area (Å²) in [6.07, 6.45) is -0.205. The van der Waals surface area contributed by atoms with Crippen LogP contribution in [0.3, 0.4) is 0 Å². The third-order valence-corrected chi connectivity index (χ3v) is 2.59. The molecule has 0 unspecified atom stereocenters. The molecule has 0 radical (unpaired) electrons.